The molecule has 0 aliphatic carbocycles. The third kappa shape index (κ3) is 5.13. The van der Waals surface area contributed by atoms with Gasteiger partial charge in [0.1, 0.15) is 0 Å². The molecule has 0 aliphatic rings. The highest BCUT2D eigenvalue weighted by molar-refractivity contribution is 6.35. The number of hydrogen-bond acceptors (Lipinski definition) is 2. The van der Waals surface area contributed by atoms with Crippen LogP contribution in [-0.4, -0.2) is 31.2 Å². The summed E-state index contributed by atoms with van der Waals surface area (Å²) in [7, 11) is 1.93. The average Bonchev–Trinajstić information content (AvgIpc) is 2.61. The Morgan fingerprint density at radius 1 is 1.12 bits per heavy atom. The van der Waals surface area contributed by atoms with Crippen molar-refractivity contribution in [3.63, 3.8) is 0 Å². The molecule has 0 aromatic heterocycles. The number of anilines is 1. The summed E-state index contributed by atoms with van der Waals surface area (Å²) in [5.74, 6) is 0. The fourth-order valence-corrected chi connectivity index (χ4v) is 2.99. The SMILES string of the molecule is CCN(C)C=Nc1cc(C)c(N(C=O)Cc2ccc(Cl)cc2Cl)cc1Cl. The number of carbonyl (C=O) groups is 1. The van der Waals surface area contributed by atoms with Crippen molar-refractivity contribution in [2.24, 2.45) is 4.99 Å². The van der Waals surface area contributed by atoms with Gasteiger partial charge in [0.15, 0.2) is 0 Å². The maximum atomic E-state index is 11.7. The molecule has 0 heterocycles. The highest BCUT2D eigenvalue weighted by atomic mass is 35.5. The molecule has 0 spiro atoms. The van der Waals surface area contributed by atoms with Gasteiger partial charge in [-0.2, -0.15) is 0 Å². The molecule has 0 aliphatic heterocycles. The van der Waals surface area contributed by atoms with Crippen molar-refractivity contribution in [3.05, 3.63) is 56.5 Å². The molecule has 0 saturated heterocycles. The molecule has 26 heavy (non-hydrogen) atoms. The second-order valence-corrected chi connectivity index (χ2v) is 7.13. The van der Waals surface area contributed by atoms with Gasteiger partial charge in [-0.25, -0.2) is 4.99 Å². The molecule has 0 saturated carbocycles. The average molecular weight is 413 g/mol. The Bertz CT molecular complexity index is 824. The van der Waals surface area contributed by atoms with Gasteiger partial charge in [0.25, 0.3) is 0 Å². The smallest absolute Gasteiger partial charge is 0.214 e. The Morgan fingerprint density at radius 2 is 1.85 bits per heavy atom. The maximum Gasteiger partial charge on any atom is 0.214 e. The number of carbonyl (C=O) groups excluding carboxylic acids is 1. The van der Waals surface area contributed by atoms with Gasteiger partial charge in [0.2, 0.25) is 6.41 Å². The molecule has 0 atom stereocenters. The minimum absolute atomic E-state index is 0.317. The molecule has 0 fully saturated rings. The van der Waals surface area contributed by atoms with Gasteiger partial charge in [0.05, 0.1) is 23.6 Å². The monoisotopic (exact) mass is 411 g/mol. The zero-order valence-corrected chi connectivity index (χ0v) is 17.1. The third-order valence-corrected chi connectivity index (χ3v) is 4.84. The van der Waals surface area contributed by atoms with Crippen molar-refractivity contribution in [3.8, 4) is 0 Å². The van der Waals surface area contributed by atoms with Crippen LogP contribution in [-0.2, 0) is 11.3 Å². The largest absolute Gasteiger partial charge is 0.366 e. The fraction of sp³-hybridized carbons (Fsp3) is 0.263. The molecule has 0 radical (unpaired) electrons. The molecule has 2 aromatic carbocycles. The number of hydrogen-bond donors (Lipinski definition) is 0. The summed E-state index contributed by atoms with van der Waals surface area (Å²) in [5.41, 5.74) is 3.05. The molecular formula is C19H20Cl3N3O. The summed E-state index contributed by atoms with van der Waals surface area (Å²) in [6.45, 7) is 5.11. The van der Waals surface area contributed by atoms with Gasteiger partial charge in [-0.15, -0.1) is 0 Å². The van der Waals surface area contributed by atoms with Gasteiger partial charge in [-0.3, -0.25) is 4.79 Å². The Hall–Kier alpha value is -1.75. The van der Waals surface area contributed by atoms with E-state index in [9.17, 15) is 4.79 Å². The molecule has 0 N–H and O–H groups in total. The number of aryl methyl sites for hydroxylation is 1. The first-order chi connectivity index (χ1) is 12.3. The molecule has 2 rings (SSSR count). The van der Waals surface area contributed by atoms with E-state index in [2.05, 4.69) is 4.99 Å². The van der Waals surface area contributed by atoms with Crippen molar-refractivity contribution in [2.75, 3.05) is 18.5 Å². The van der Waals surface area contributed by atoms with E-state index >= 15 is 0 Å². The van der Waals surface area contributed by atoms with E-state index in [4.69, 9.17) is 34.8 Å². The van der Waals surface area contributed by atoms with Crippen LogP contribution < -0.4 is 4.90 Å². The standard InChI is InChI=1S/C19H20Cl3N3O/c1-4-24(3)11-23-18-7-13(2)19(9-17(18)22)25(12-26)10-14-5-6-15(20)8-16(14)21/h5-9,11-12H,4,10H2,1-3H3. The van der Waals surface area contributed by atoms with Crippen molar-refractivity contribution in [2.45, 2.75) is 20.4 Å². The predicted octanol–water partition coefficient (Wildman–Crippen LogP) is 5.73. The number of benzene rings is 2. The van der Waals surface area contributed by atoms with E-state index in [1.165, 1.54) is 0 Å². The topological polar surface area (TPSA) is 35.9 Å². The lowest BCUT2D eigenvalue weighted by atomic mass is 10.1. The lowest BCUT2D eigenvalue weighted by Gasteiger charge is -2.21. The third-order valence-electron chi connectivity index (χ3n) is 3.95. The van der Waals surface area contributed by atoms with Crippen LogP contribution in [0.1, 0.15) is 18.1 Å². The molecule has 0 unspecified atom stereocenters. The van der Waals surface area contributed by atoms with Crippen LogP contribution in [0, 0.1) is 6.92 Å². The summed E-state index contributed by atoms with van der Waals surface area (Å²) < 4.78 is 0. The summed E-state index contributed by atoms with van der Waals surface area (Å²) >= 11 is 18.5. The van der Waals surface area contributed by atoms with Gasteiger partial charge in [-0.05, 0) is 49.2 Å². The Kier molecular flexibility index (Phi) is 7.33. The van der Waals surface area contributed by atoms with E-state index in [-0.39, 0.29) is 0 Å². The van der Waals surface area contributed by atoms with Gasteiger partial charge in [-0.1, -0.05) is 40.9 Å². The highest BCUT2D eigenvalue weighted by Gasteiger charge is 2.14. The maximum absolute atomic E-state index is 11.7. The molecule has 1 amide bonds. The summed E-state index contributed by atoms with van der Waals surface area (Å²) in [6.07, 6.45) is 2.49. The first kappa shape index (κ1) is 20.6. The number of rotatable bonds is 7. The summed E-state index contributed by atoms with van der Waals surface area (Å²) in [4.78, 5) is 19.6. The fourth-order valence-electron chi connectivity index (χ4n) is 2.32. The predicted molar refractivity (Wildman–Crippen MR) is 111 cm³/mol. The van der Waals surface area contributed by atoms with E-state index in [1.807, 2.05) is 31.9 Å². The second-order valence-electron chi connectivity index (χ2n) is 5.88. The zero-order chi connectivity index (χ0) is 19.3. The normalized spacial score (nSPS) is 11.0. The number of halogens is 3. The van der Waals surface area contributed by atoms with Gasteiger partial charge in [0, 0.05) is 29.3 Å². The number of amides is 1. The van der Waals surface area contributed by atoms with Crippen LogP contribution in [0.3, 0.4) is 0 Å². The van der Waals surface area contributed by atoms with E-state index in [1.54, 1.807) is 35.5 Å². The van der Waals surface area contributed by atoms with Crippen molar-refractivity contribution in [1.29, 1.82) is 0 Å². The lowest BCUT2D eigenvalue weighted by Crippen LogP contribution is -2.21. The van der Waals surface area contributed by atoms with Crippen LogP contribution >= 0.6 is 34.8 Å². The van der Waals surface area contributed by atoms with Crippen LogP contribution in [0.5, 0.6) is 0 Å². The first-order valence-corrected chi connectivity index (χ1v) is 9.19. The Labute approximate surface area is 169 Å². The summed E-state index contributed by atoms with van der Waals surface area (Å²) in [6, 6.07) is 8.81. The van der Waals surface area contributed by atoms with Crippen LogP contribution in [0.25, 0.3) is 0 Å². The summed E-state index contributed by atoms with van der Waals surface area (Å²) in [5, 5.41) is 1.53. The first-order valence-electron chi connectivity index (χ1n) is 8.06. The molecule has 138 valence electrons. The van der Waals surface area contributed by atoms with Crippen LogP contribution in [0.15, 0.2) is 35.3 Å². The Morgan fingerprint density at radius 3 is 2.46 bits per heavy atom. The van der Waals surface area contributed by atoms with E-state index < -0.39 is 0 Å². The van der Waals surface area contributed by atoms with E-state index in [0.29, 0.717) is 33.0 Å². The quantitative estimate of drug-likeness (QED) is 0.331. The van der Waals surface area contributed by atoms with Crippen molar-refractivity contribution < 1.29 is 4.79 Å². The molecule has 0 bridgehead atoms. The molecular weight excluding hydrogens is 393 g/mol. The van der Waals surface area contributed by atoms with Crippen molar-refractivity contribution >= 4 is 58.9 Å². The van der Waals surface area contributed by atoms with Gasteiger partial charge < -0.3 is 9.80 Å². The molecule has 7 heteroatoms. The van der Waals surface area contributed by atoms with Crippen molar-refractivity contribution in [1.82, 2.24) is 4.90 Å². The minimum atomic E-state index is 0.317. The minimum Gasteiger partial charge on any atom is -0.366 e. The van der Waals surface area contributed by atoms with Gasteiger partial charge >= 0.3 is 0 Å². The van der Waals surface area contributed by atoms with Crippen LogP contribution in [0.2, 0.25) is 15.1 Å². The number of nitrogens with zero attached hydrogens (tertiary/aromatic N) is 3. The second kappa shape index (κ2) is 9.26. The van der Waals surface area contributed by atoms with E-state index in [0.717, 1.165) is 24.1 Å². The Balaban J connectivity index is 2.31. The molecule has 4 nitrogen and oxygen atoms in total. The highest BCUT2D eigenvalue weighted by Crippen LogP contribution is 2.34. The molecule has 2 aromatic rings. The lowest BCUT2D eigenvalue weighted by molar-refractivity contribution is -0.107. The van der Waals surface area contributed by atoms with Crippen LogP contribution in [0.4, 0.5) is 11.4 Å². The number of aliphatic imine (C=N–C) groups is 1. The zero-order valence-electron chi connectivity index (χ0n) is 14.8.